The van der Waals surface area contributed by atoms with Gasteiger partial charge in [-0.15, -0.1) is 0 Å². The van der Waals surface area contributed by atoms with E-state index in [1.54, 1.807) is 0 Å². The predicted octanol–water partition coefficient (Wildman–Crippen LogP) is 3.62. The third-order valence-corrected chi connectivity index (χ3v) is 3.36. The molecular formula is C16H18N4. The monoisotopic (exact) mass is 266 g/mol. The second-order valence-corrected chi connectivity index (χ2v) is 5.18. The van der Waals surface area contributed by atoms with Crippen LogP contribution in [-0.4, -0.2) is 14.8 Å². The maximum Gasteiger partial charge on any atom is 0.0729 e. The fourth-order valence-electron chi connectivity index (χ4n) is 2.23. The highest BCUT2D eigenvalue weighted by Gasteiger charge is 2.04. The molecule has 0 aliphatic carbocycles. The Morgan fingerprint density at radius 1 is 1.15 bits per heavy atom. The van der Waals surface area contributed by atoms with E-state index in [0.29, 0.717) is 6.04 Å². The van der Waals surface area contributed by atoms with Crippen LogP contribution in [0, 0.1) is 0 Å². The van der Waals surface area contributed by atoms with Crippen molar-refractivity contribution in [3.8, 4) is 0 Å². The largest absolute Gasteiger partial charge is 0.378 e. The lowest BCUT2D eigenvalue weighted by Gasteiger charge is -2.07. The Balaban J connectivity index is 1.79. The van der Waals surface area contributed by atoms with Crippen LogP contribution in [0.15, 0.2) is 49.1 Å². The zero-order chi connectivity index (χ0) is 13.9. The molecule has 102 valence electrons. The summed E-state index contributed by atoms with van der Waals surface area (Å²) in [7, 11) is 0. The number of hydrogen-bond donors (Lipinski definition) is 1. The smallest absolute Gasteiger partial charge is 0.0729 e. The third-order valence-electron chi connectivity index (χ3n) is 3.36. The Bertz CT molecular complexity index is 710. The maximum atomic E-state index is 4.33. The summed E-state index contributed by atoms with van der Waals surface area (Å²) in [6.07, 6.45) is 7.71. The number of benzene rings is 1. The van der Waals surface area contributed by atoms with Crippen LogP contribution >= 0.6 is 0 Å². The number of anilines is 1. The molecule has 1 N–H and O–H groups in total. The minimum absolute atomic E-state index is 0.379. The van der Waals surface area contributed by atoms with E-state index in [0.717, 1.165) is 12.2 Å². The molecule has 0 fully saturated rings. The van der Waals surface area contributed by atoms with E-state index in [9.17, 15) is 0 Å². The second-order valence-electron chi connectivity index (χ2n) is 5.18. The highest BCUT2D eigenvalue weighted by molar-refractivity contribution is 5.84. The first kappa shape index (κ1) is 12.7. The Hall–Kier alpha value is -2.36. The number of nitrogens with zero attached hydrogens (tertiary/aromatic N) is 3. The lowest BCUT2D eigenvalue weighted by Crippen LogP contribution is -2.01. The van der Waals surface area contributed by atoms with Gasteiger partial charge in [-0.25, -0.2) is 0 Å². The summed E-state index contributed by atoms with van der Waals surface area (Å²) in [6, 6.07) is 8.69. The lowest BCUT2D eigenvalue weighted by atomic mass is 10.1. The number of pyridine rings is 1. The molecule has 0 unspecified atom stereocenters. The minimum atomic E-state index is 0.379. The number of fused-ring (bicyclic) bond motifs is 1. The number of nitrogens with one attached hydrogen (secondary N) is 1. The molecule has 3 aromatic rings. The van der Waals surface area contributed by atoms with Crippen molar-refractivity contribution in [2.75, 3.05) is 5.32 Å². The van der Waals surface area contributed by atoms with Gasteiger partial charge in [0.25, 0.3) is 0 Å². The van der Waals surface area contributed by atoms with Crippen molar-refractivity contribution in [2.45, 2.75) is 26.4 Å². The molecule has 0 saturated heterocycles. The number of rotatable bonds is 4. The quantitative estimate of drug-likeness (QED) is 0.784. The highest BCUT2D eigenvalue weighted by Crippen LogP contribution is 2.18. The standard InChI is InChI=1S/C16H18N4/c1-12(2)20-11-15(10-19-20)18-9-14-8-17-7-13-5-3-4-6-16(13)14/h3-8,10-12,18H,9H2,1-2H3. The normalized spacial score (nSPS) is 11.2. The molecule has 0 aliphatic rings. The third kappa shape index (κ3) is 2.50. The molecule has 0 aliphatic heterocycles. The molecule has 0 bridgehead atoms. The topological polar surface area (TPSA) is 42.7 Å². The van der Waals surface area contributed by atoms with E-state index in [-0.39, 0.29) is 0 Å². The van der Waals surface area contributed by atoms with Crippen LogP contribution in [0.3, 0.4) is 0 Å². The zero-order valence-corrected chi connectivity index (χ0v) is 11.7. The summed E-state index contributed by atoms with van der Waals surface area (Å²) in [5.41, 5.74) is 2.23. The van der Waals surface area contributed by atoms with Gasteiger partial charge in [0.05, 0.1) is 11.9 Å². The summed E-state index contributed by atoms with van der Waals surface area (Å²) in [4.78, 5) is 4.30. The maximum absolute atomic E-state index is 4.33. The highest BCUT2D eigenvalue weighted by atomic mass is 15.3. The van der Waals surface area contributed by atoms with Crippen LogP contribution in [0.1, 0.15) is 25.5 Å². The fourth-order valence-corrected chi connectivity index (χ4v) is 2.23. The predicted molar refractivity (Wildman–Crippen MR) is 81.7 cm³/mol. The Morgan fingerprint density at radius 2 is 2.00 bits per heavy atom. The van der Waals surface area contributed by atoms with Crippen molar-refractivity contribution in [3.05, 3.63) is 54.6 Å². The van der Waals surface area contributed by atoms with Gasteiger partial charge in [-0.1, -0.05) is 24.3 Å². The van der Waals surface area contributed by atoms with Crippen LogP contribution in [0.5, 0.6) is 0 Å². The minimum Gasteiger partial charge on any atom is -0.378 e. The van der Waals surface area contributed by atoms with E-state index >= 15 is 0 Å². The average Bonchev–Trinajstić information content (AvgIpc) is 2.94. The first-order chi connectivity index (χ1) is 9.74. The first-order valence-electron chi connectivity index (χ1n) is 6.83. The van der Waals surface area contributed by atoms with E-state index < -0.39 is 0 Å². The van der Waals surface area contributed by atoms with E-state index in [1.165, 1.54) is 16.3 Å². The van der Waals surface area contributed by atoms with Crippen molar-refractivity contribution in [1.29, 1.82) is 0 Å². The molecule has 2 heterocycles. The molecule has 2 aromatic heterocycles. The molecule has 0 spiro atoms. The summed E-state index contributed by atoms with van der Waals surface area (Å²) < 4.78 is 1.95. The molecule has 0 saturated carbocycles. The summed E-state index contributed by atoms with van der Waals surface area (Å²) >= 11 is 0. The van der Waals surface area contributed by atoms with E-state index in [4.69, 9.17) is 0 Å². The van der Waals surface area contributed by atoms with E-state index in [2.05, 4.69) is 47.4 Å². The number of hydrogen-bond acceptors (Lipinski definition) is 3. The van der Waals surface area contributed by atoms with Crippen molar-refractivity contribution in [2.24, 2.45) is 0 Å². The molecule has 0 radical (unpaired) electrons. The van der Waals surface area contributed by atoms with Gasteiger partial charge in [0.1, 0.15) is 0 Å². The molecule has 20 heavy (non-hydrogen) atoms. The summed E-state index contributed by atoms with van der Waals surface area (Å²) in [5.74, 6) is 0. The van der Waals surface area contributed by atoms with Gasteiger partial charge in [-0.2, -0.15) is 5.10 Å². The molecule has 4 nitrogen and oxygen atoms in total. The van der Waals surface area contributed by atoms with Crippen molar-refractivity contribution in [3.63, 3.8) is 0 Å². The summed E-state index contributed by atoms with van der Waals surface area (Å²) in [6.45, 7) is 4.98. The zero-order valence-electron chi connectivity index (χ0n) is 11.7. The molecule has 3 rings (SSSR count). The Kier molecular flexibility index (Phi) is 3.37. The van der Waals surface area contributed by atoms with Crippen LogP contribution in [0.4, 0.5) is 5.69 Å². The van der Waals surface area contributed by atoms with Gasteiger partial charge in [0.2, 0.25) is 0 Å². The molecule has 1 aromatic carbocycles. The summed E-state index contributed by atoms with van der Waals surface area (Å²) in [5, 5.41) is 10.1. The van der Waals surface area contributed by atoms with Crippen molar-refractivity contribution < 1.29 is 0 Å². The van der Waals surface area contributed by atoms with Crippen molar-refractivity contribution >= 4 is 16.5 Å². The molecular weight excluding hydrogens is 248 g/mol. The molecule has 0 atom stereocenters. The van der Waals surface area contributed by atoms with Gasteiger partial charge >= 0.3 is 0 Å². The van der Waals surface area contributed by atoms with Gasteiger partial charge in [0.15, 0.2) is 0 Å². The van der Waals surface area contributed by atoms with Crippen LogP contribution < -0.4 is 5.32 Å². The SMILES string of the molecule is CC(C)n1cc(NCc2cncc3ccccc23)cn1. The van der Waals surface area contributed by atoms with Gasteiger partial charge in [-0.3, -0.25) is 9.67 Å². The van der Waals surface area contributed by atoms with Gasteiger partial charge in [-0.05, 0) is 24.8 Å². The Labute approximate surface area is 118 Å². The van der Waals surface area contributed by atoms with Gasteiger partial charge < -0.3 is 5.32 Å². The second kappa shape index (κ2) is 5.33. The Morgan fingerprint density at radius 3 is 2.80 bits per heavy atom. The molecule has 4 heteroatoms. The average molecular weight is 266 g/mol. The number of aromatic nitrogens is 3. The first-order valence-corrected chi connectivity index (χ1v) is 6.83. The molecule has 0 amide bonds. The fraction of sp³-hybridized carbons (Fsp3) is 0.250. The van der Waals surface area contributed by atoms with Crippen molar-refractivity contribution in [1.82, 2.24) is 14.8 Å². The van der Waals surface area contributed by atoms with Crippen LogP contribution in [-0.2, 0) is 6.54 Å². The lowest BCUT2D eigenvalue weighted by molar-refractivity contribution is 0.532. The van der Waals surface area contributed by atoms with Crippen LogP contribution in [0.2, 0.25) is 0 Å². The van der Waals surface area contributed by atoms with E-state index in [1.807, 2.05) is 35.5 Å². The van der Waals surface area contributed by atoms with Crippen LogP contribution in [0.25, 0.3) is 10.8 Å². The van der Waals surface area contributed by atoms with Gasteiger partial charge in [0, 0.05) is 36.6 Å².